The van der Waals surface area contributed by atoms with Crippen molar-refractivity contribution in [3.05, 3.63) is 88.8 Å². The Morgan fingerprint density at radius 3 is 2.48 bits per heavy atom. The smallest absolute Gasteiger partial charge is 0.331 e. The molecule has 0 spiro atoms. The molecule has 0 saturated heterocycles. The van der Waals surface area contributed by atoms with E-state index in [9.17, 15) is 9.59 Å². The van der Waals surface area contributed by atoms with Crippen LogP contribution in [0.3, 0.4) is 0 Å². The van der Waals surface area contributed by atoms with E-state index in [0.29, 0.717) is 6.54 Å². The lowest BCUT2D eigenvalue weighted by Crippen LogP contribution is -2.30. The minimum Gasteiger partial charge on any atom is -0.449 e. The van der Waals surface area contributed by atoms with Crippen molar-refractivity contribution < 1.29 is 14.3 Å². The third-order valence-corrected chi connectivity index (χ3v) is 4.84. The maximum atomic E-state index is 12.5. The zero-order valence-corrected chi connectivity index (χ0v) is 18.3. The van der Waals surface area contributed by atoms with E-state index in [4.69, 9.17) is 4.74 Å². The van der Waals surface area contributed by atoms with Crippen molar-refractivity contribution in [1.82, 2.24) is 9.78 Å². The van der Waals surface area contributed by atoms with E-state index in [2.05, 4.69) is 10.4 Å². The Hall–Kier alpha value is -3.67. The molecular weight excluding hydrogens is 390 g/mol. The average Bonchev–Trinajstić information content (AvgIpc) is 3.17. The van der Waals surface area contributed by atoms with Crippen molar-refractivity contribution in [2.45, 2.75) is 40.3 Å². The lowest BCUT2D eigenvalue weighted by atomic mass is 10.0. The van der Waals surface area contributed by atoms with Crippen molar-refractivity contribution in [2.75, 3.05) is 5.32 Å². The van der Waals surface area contributed by atoms with Crippen LogP contribution in [-0.2, 0) is 20.9 Å². The second kappa shape index (κ2) is 9.89. The number of anilines is 1. The molecule has 6 nitrogen and oxygen atoms in total. The topological polar surface area (TPSA) is 73.2 Å². The first-order valence-corrected chi connectivity index (χ1v) is 10.2. The summed E-state index contributed by atoms with van der Waals surface area (Å²) < 4.78 is 7.04. The first kappa shape index (κ1) is 22.0. The normalized spacial score (nSPS) is 12.0. The Bertz CT molecular complexity index is 1080. The summed E-state index contributed by atoms with van der Waals surface area (Å²) >= 11 is 0. The van der Waals surface area contributed by atoms with Crippen molar-refractivity contribution in [3.63, 3.8) is 0 Å². The van der Waals surface area contributed by atoms with E-state index < -0.39 is 12.1 Å². The van der Waals surface area contributed by atoms with Gasteiger partial charge in [0.15, 0.2) is 6.10 Å². The monoisotopic (exact) mass is 417 g/mol. The number of hydrogen-bond acceptors (Lipinski definition) is 4. The van der Waals surface area contributed by atoms with E-state index in [1.54, 1.807) is 23.9 Å². The Balaban J connectivity index is 1.54. The van der Waals surface area contributed by atoms with Crippen LogP contribution in [0.25, 0.3) is 6.08 Å². The van der Waals surface area contributed by atoms with Gasteiger partial charge in [-0.15, -0.1) is 0 Å². The van der Waals surface area contributed by atoms with Gasteiger partial charge in [0, 0.05) is 23.5 Å². The number of aromatic nitrogens is 2. The fraction of sp³-hybridized carbons (Fsp3) is 0.240. The predicted octanol–water partition coefficient (Wildman–Crippen LogP) is 4.44. The maximum Gasteiger partial charge on any atom is 0.331 e. The molecule has 0 bridgehead atoms. The molecule has 1 aromatic heterocycles. The van der Waals surface area contributed by atoms with Gasteiger partial charge in [0.2, 0.25) is 0 Å². The summed E-state index contributed by atoms with van der Waals surface area (Å²) in [5.41, 5.74) is 5.73. The molecule has 2 aromatic carbocycles. The van der Waals surface area contributed by atoms with Crippen LogP contribution in [0, 0.1) is 20.8 Å². The highest BCUT2D eigenvalue weighted by Gasteiger charge is 2.18. The number of esters is 1. The molecule has 0 radical (unpaired) electrons. The Labute approximate surface area is 182 Å². The number of rotatable bonds is 7. The van der Waals surface area contributed by atoms with Crippen molar-refractivity contribution >= 4 is 23.6 Å². The van der Waals surface area contributed by atoms with Crippen LogP contribution in [0.2, 0.25) is 0 Å². The van der Waals surface area contributed by atoms with E-state index in [1.165, 1.54) is 6.08 Å². The van der Waals surface area contributed by atoms with Gasteiger partial charge in [0.1, 0.15) is 0 Å². The third-order valence-electron chi connectivity index (χ3n) is 4.84. The van der Waals surface area contributed by atoms with Crippen LogP contribution in [0.15, 0.2) is 60.9 Å². The summed E-state index contributed by atoms with van der Waals surface area (Å²) in [7, 11) is 0. The lowest BCUT2D eigenvalue weighted by molar-refractivity contribution is -0.148. The first-order valence-electron chi connectivity index (χ1n) is 10.2. The summed E-state index contributed by atoms with van der Waals surface area (Å²) in [6.45, 7) is 8.08. The molecule has 0 unspecified atom stereocenters. The van der Waals surface area contributed by atoms with Gasteiger partial charge in [-0.2, -0.15) is 5.10 Å². The van der Waals surface area contributed by atoms with E-state index in [0.717, 1.165) is 33.5 Å². The molecule has 1 amide bonds. The standard InChI is InChI=1S/C25H27N3O3/c1-17-12-18(2)24(19(3)13-17)27-25(30)20(4)31-23(29)11-10-22-14-26-28(16-22)15-21-8-6-5-7-9-21/h5-14,16,20H,15H2,1-4H3,(H,27,30)/b11-10+/t20-/m0/s1. The van der Waals surface area contributed by atoms with E-state index in [-0.39, 0.29) is 5.91 Å². The number of carbonyl (C=O) groups excluding carboxylic acids is 2. The van der Waals surface area contributed by atoms with Crippen molar-refractivity contribution in [2.24, 2.45) is 0 Å². The highest BCUT2D eigenvalue weighted by atomic mass is 16.5. The number of ether oxygens (including phenoxy) is 1. The molecule has 160 valence electrons. The van der Waals surface area contributed by atoms with Crippen molar-refractivity contribution in [3.8, 4) is 0 Å². The second-order valence-corrected chi connectivity index (χ2v) is 7.63. The fourth-order valence-corrected chi connectivity index (χ4v) is 3.36. The summed E-state index contributed by atoms with van der Waals surface area (Å²) in [6.07, 6.45) is 5.52. The average molecular weight is 418 g/mol. The second-order valence-electron chi connectivity index (χ2n) is 7.63. The van der Waals surface area contributed by atoms with Crippen molar-refractivity contribution in [1.29, 1.82) is 0 Å². The van der Waals surface area contributed by atoms with Gasteiger partial charge in [0.25, 0.3) is 5.91 Å². The van der Waals surface area contributed by atoms with Crippen LogP contribution >= 0.6 is 0 Å². The van der Waals surface area contributed by atoms with E-state index >= 15 is 0 Å². The molecule has 3 aromatic rings. The zero-order valence-electron chi connectivity index (χ0n) is 18.3. The molecule has 0 aliphatic rings. The first-order chi connectivity index (χ1) is 14.8. The number of aryl methyl sites for hydroxylation is 3. The Morgan fingerprint density at radius 1 is 1.13 bits per heavy atom. The molecule has 3 rings (SSSR count). The van der Waals surface area contributed by atoms with Crippen LogP contribution in [0.1, 0.15) is 34.7 Å². The number of carbonyl (C=O) groups is 2. The van der Waals surface area contributed by atoms with Gasteiger partial charge < -0.3 is 10.1 Å². The van der Waals surface area contributed by atoms with Gasteiger partial charge in [-0.3, -0.25) is 9.48 Å². The number of amides is 1. The molecule has 6 heteroatoms. The number of hydrogen-bond donors (Lipinski definition) is 1. The minimum atomic E-state index is -0.918. The van der Waals surface area contributed by atoms with Gasteiger partial charge in [-0.25, -0.2) is 4.79 Å². The van der Waals surface area contributed by atoms with Crippen LogP contribution in [0.4, 0.5) is 5.69 Å². The summed E-state index contributed by atoms with van der Waals surface area (Å²) in [4.78, 5) is 24.6. The summed E-state index contributed by atoms with van der Waals surface area (Å²) in [6, 6.07) is 14.0. The van der Waals surface area contributed by atoms with Gasteiger partial charge in [-0.1, -0.05) is 48.0 Å². The molecule has 1 N–H and O–H groups in total. The van der Waals surface area contributed by atoms with Gasteiger partial charge in [-0.05, 0) is 50.5 Å². The predicted molar refractivity (Wildman–Crippen MR) is 122 cm³/mol. The lowest BCUT2D eigenvalue weighted by Gasteiger charge is -2.16. The Morgan fingerprint density at radius 2 is 1.81 bits per heavy atom. The molecule has 0 fully saturated rings. The quantitative estimate of drug-likeness (QED) is 0.456. The van der Waals surface area contributed by atoms with Crippen LogP contribution in [-0.4, -0.2) is 27.8 Å². The molecule has 31 heavy (non-hydrogen) atoms. The molecular formula is C25H27N3O3. The molecule has 0 aliphatic carbocycles. The van der Waals surface area contributed by atoms with E-state index in [1.807, 2.05) is 69.4 Å². The maximum absolute atomic E-state index is 12.5. The van der Waals surface area contributed by atoms with Gasteiger partial charge in [0.05, 0.1) is 12.7 Å². The zero-order chi connectivity index (χ0) is 22.4. The molecule has 1 atom stereocenters. The Kier molecular flexibility index (Phi) is 7.03. The highest BCUT2D eigenvalue weighted by Crippen LogP contribution is 2.22. The largest absolute Gasteiger partial charge is 0.449 e. The van der Waals surface area contributed by atoms with Crippen LogP contribution in [0.5, 0.6) is 0 Å². The van der Waals surface area contributed by atoms with Gasteiger partial charge >= 0.3 is 5.97 Å². The number of benzene rings is 2. The molecule has 0 aliphatic heterocycles. The number of nitrogens with zero attached hydrogens (tertiary/aromatic N) is 2. The fourth-order valence-electron chi connectivity index (χ4n) is 3.36. The molecule has 1 heterocycles. The summed E-state index contributed by atoms with van der Waals surface area (Å²) in [5.74, 6) is -0.955. The third kappa shape index (κ3) is 6.15. The summed E-state index contributed by atoms with van der Waals surface area (Å²) in [5, 5.41) is 7.15. The van der Waals surface area contributed by atoms with Crippen LogP contribution < -0.4 is 5.32 Å². The number of nitrogens with one attached hydrogen (secondary N) is 1. The SMILES string of the molecule is Cc1cc(C)c(NC(=O)[C@H](C)OC(=O)/C=C/c2cnn(Cc3ccccc3)c2)c(C)c1. The molecule has 0 saturated carbocycles. The highest BCUT2D eigenvalue weighted by molar-refractivity contribution is 5.97. The minimum absolute atomic E-state index is 0.368.